The number of alkyl halides is 1. The molecule has 0 bridgehead atoms. The van der Waals surface area contributed by atoms with Gasteiger partial charge in [-0.1, -0.05) is 13.8 Å². The van der Waals surface area contributed by atoms with E-state index in [9.17, 15) is 4.39 Å². The van der Waals surface area contributed by atoms with Crippen molar-refractivity contribution in [2.45, 2.75) is 45.3 Å². The first-order chi connectivity index (χ1) is 16.5. The van der Waals surface area contributed by atoms with Gasteiger partial charge in [-0.3, -0.25) is 9.67 Å². The summed E-state index contributed by atoms with van der Waals surface area (Å²) < 4.78 is 15.3. The van der Waals surface area contributed by atoms with E-state index in [0.717, 1.165) is 53.8 Å². The van der Waals surface area contributed by atoms with E-state index in [4.69, 9.17) is 4.98 Å². The van der Waals surface area contributed by atoms with Gasteiger partial charge in [-0.2, -0.15) is 10.2 Å². The number of pyridine rings is 2. The summed E-state index contributed by atoms with van der Waals surface area (Å²) in [6, 6.07) is 7.85. The Bertz CT molecular complexity index is 1270. The van der Waals surface area contributed by atoms with Gasteiger partial charge in [-0.05, 0) is 48.6 Å². The lowest BCUT2D eigenvalue weighted by Crippen LogP contribution is -2.23. The fourth-order valence-electron chi connectivity index (χ4n) is 4.20. The first-order valence-corrected chi connectivity index (χ1v) is 11.8. The normalized spacial score (nSPS) is 16.5. The number of aromatic nitrogens is 6. The fraction of sp³-hybridized carbons (Fsp3) is 0.400. The van der Waals surface area contributed by atoms with Crippen molar-refractivity contribution in [2.24, 2.45) is 0 Å². The quantitative estimate of drug-likeness (QED) is 0.412. The van der Waals surface area contributed by atoms with Crippen molar-refractivity contribution in [3.63, 3.8) is 0 Å². The molecule has 0 radical (unpaired) electrons. The summed E-state index contributed by atoms with van der Waals surface area (Å²) in [5, 5.41) is 16.0. The molecule has 34 heavy (non-hydrogen) atoms. The molecule has 4 aromatic rings. The molecule has 0 spiro atoms. The van der Waals surface area contributed by atoms with Gasteiger partial charge in [0.25, 0.3) is 0 Å². The highest BCUT2D eigenvalue weighted by atomic mass is 19.1. The Labute approximate surface area is 198 Å². The number of hydrogen-bond donors (Lipinski definition) is 1. The Morgan fingerprint density at radius 1 is 1.06 bits per heavy atom. The minimum Gasteiger partial charge on any atom is -0.323 e. The lowest BCUT2D eigenvalue weighted by molar-refractivity contribution is 0.280. The van der Waals surface area contributed by atoms with Gasteiger partial charge in [-0.25, -0.2) is 9.37 Å². The van der Waals surface area contributed by atoms with E-state index in [-0.39, 0.29) is 0 Å². The molecule has 1 unspecified atom stereocenters. The Morgan fingerprint density at radius 3 is 2.79 bits per heavy atom. The van der Waals surface area contributed by atoms with Crippen molar-refractivity contribution in [3.8, 4) is 11.1 Å². The van der Waals surface area contributed by atoms with Crippen LogP contribution in [0.4, 0.5) is 16.0 Å². The molecular weight excluding hydrogens is 431 g/mol. The summed E-state index contributed by atoms with van der Waals surface area (Å²) in [5.41, 5.74) is 4.68. The van der Waals surface area contributed by atoms with Gasteiger partial charge in [0.1, 0.15) is 12.0 Å². The molecule has 0 amide bonds. The highest BCUT2D eigenvalue weighted by Crippen LogP contribution is 2.24. The first kappa shape index (κ1) is 22.3. The summed E-state index contributed by atoms with van der Waals surface area (Å²) in [6.45, 7) is 7.37. The maximum absolute atomic E-state index is 13.3. The van der Waals surface area contributed by atoms with Crippen molar-refractivity contribution >= 4 is 22.7 Å². The molecule has 5 rings (SSSR count). The zero-order valence-corrected chi connectivity index (χ0v) is 19.5. The van der Waals surface area contributed by atoms with Gasteiger partial charge in [0.2, 0.25) is 0 Å². The van der Waals surface area contributed by atoms with Crippen molar-refractivity contribution in [1.29, 1.82) is 0 Å². The standard InChI is InChI=1S/C25H29FN8/c1-17(2)18-11-25(32-28-13-18)31-24-5-4-22-23(30-24)10-19(12-27-22)20-14-29-34(15-20)8-3-7-33-9-6-21(26)16-33/h4-5,10-15,17,21H,3,6-9,16H2,1-2H3,(H,30,31,32). The Morgan fingerprint density at radius 2 is 1.97 bits per heavy atom. The van der Waals surface area contributed by atoms with Crippen LogP contribution in [0.1, 0.15) is 38.2 Å². The van der Waals surface area contributed by atoms with Crippen LogP contribution in [-0.4, -0.2) is 60.7 Å². The fourth-order valence-corrected chi connectivity index (χ4v) is 4.20. The van der Waals surface area contributed by atoms with Gasteiger partial charge in [0.05, 0.1) is 23.4 Å². The third-order valence-corrected chi connectivity index (χ3v) is 6.18. The third-order valence-electron chi connectivity index (χ3n) is 6.18. The van der Waals surface area contributed by atoms with Crippen LogP contribution in [0.5, 0.6) is 0 Å². The minimum atomic E-state index is -0.667. The van der Waals surface area contributed by atoms with E-state index < -0.39 is 6.17 Å². The molecule has 1 atom stereocenters. The number of anilines is 2. The minimum absolute atomic E-state index is 0.371. The molecule has 176 valence electrons. The molecule has 0 aliphatic carbocycles. The SMILES string of the molecule is CC(C)c1cnnc(Nc2ccc3ncc(-c4cnn(CCCN5CCC(F)C5)c4)cc3n2)c1. The summed E-state index contributed by atoms with van der Waals surface area (Å²) in [4.78, 5) is 11.5. The molecule has 1 saturated heterocycles. The molecule has 5 heterocycles. The van der Waals surface area contributed by atoms with Crippen molar-refractivity contribution < 1.29 is 4.39 Å². The second-order valence-corrected chi connectivity index (χ2v) is 9.14. The summed E-state index contributed by atoms with van der Waals surface area (Å²) in [6.07, 6.45) is 8.45. The number of fused-ring (bicyclic) bond motifs is 1. The molecule has 0 aromatic carbocycles. The van der Waals surface area contributed by atoms with E-state index in [0.29, 0.717) is 30.5 Å². The summed E-state index contributed by atoms with van der Waals surface area (Å²) in [7, 11) is 0. The maximum Gasteiger partial charge on any atom is 0.154 e. The number of nitrogens with one attached hydrogen (secondary N) is 1. The van der Waals surface area contributed by atoms with Crippen LogP contribution in [0.3, 0.4) is 0 Å². The van der Waals surface area contributed by atoms with Crippen molar-refractivity contribution in [1.82, 2.24) is 34.8 Å². The van der Waals surface area contributed by atoms with E-state index >= 15 is 0 Å². The number of nitrogens with zero attached hydrogens (tertiary/aromatic N) is 7. The second kappa shape index (κ2) is 9.80. The van der Waals surface area contributed by atoms with E-state index in [1.54, 1.807) is 6.20 Å². The Balaban J connectivity index is 1.27. The predicted octanol–water partition coefficient (Wildman–Crippen LogP) is 4.58. The molecule has 8 nitrogen and oxygen atoms in total. The van der Waals surface area contributed by atoms with Gasteiger partial charge in [0.15, 0.2) is 5.82 Å². The predicted molar refractivity (Wildman–Crippen MR) is 131 cm³/mol. The summed E-state index contributed by atoms with van der Waals surface area (Å²) in [5.74, 6) is 1.73. The zero-order valence-electron chi connectivity index (χ0n) is 19.5. The first-order valence-electron chi connectivity index (χ1n) is 11.8. The average molecular weight is 461 g/mol. The van der Waals surface area contributed by atoms with Crippen LogP contribution in [0.25, 0.3) is 22.2 Å². The monoisotopic (exact) mass is 460 g/mol. The Kier molecular flexibility index (Phi) is 6.44. The molecule has 1 N–H and O–H groups in total. The zero-order chi connectivity index (χ0) is 23.5. The largest absolute Gasteiger partial charge is 0.323 e. The Hall–Kier alpha value is -3.46. The summed E-state index contributed by atoms with van der Waals surface area (Å²) >= 11 is 0. The van der Waals surface area contributed by atoms with Gasteiger partial charge in [-0.15, -0.1) is 5.10 Å². The van der Waals surface area contributed by atoms with E-state index in [2.05, 4.69) is 44.3 Å². The number of rotatable bonds is 8. The maximum atomic E-state index is 13.3. The van der Waals surface area contributed by atoms with Gasteiger partial charge < -0.3 is 10.2 Å². The molecule has 1 aliphatic heterocycles. The highest BCUT2D eigenvalue weighted by Gasteiger charge is 2.20. The van der Waals surface area contributed by atoms with Gasteiger partial charge in [0, 0.05) is 49.7 Å². The topological polar surface area (TPSA) is 84.7 Å². The van der Waals surface area contributed by atoms with Crippen LogP contribution < -0.4 is 5.32 Å². The van der Waals surface area contributed by atoms with Crippen LogP contribution in [0, 0.1) is 0 Å². The number of hydrogen-bond acceptors (Lipinski definition) is 7. The molecule has 4 aromatic heterocycles. The third kappa shape index (κ3) is 5.20. The second-order valence-electron chi connectivity index (χ2n) is 9.14. The number of halogens is 1. The van der Waals surface area contributed by atoms with Crippen LogP contribution in [-0.2, 0) is 6.54 Å². The van der Waals surface area contributed by atoms with Crippen LogP contribution in [0.2, 0.25) is 0 Å². The number of likely N-dealkylation sites (tertiary alicyclic amines) is 1. The lowest BCUT2D eigenvalue weighted by Gasteiger charge is -2.13. The van der Waals surface area contributed by atoms with E-state index in [1.165, 1.54) is 0 Å². The van der Waals surface area contributed by atoms with Crippen molar-refractivity contribution in [2.75, 3.05) is 25.0 Å². The molecular formula is C25H29FN8. The van der Waals surface area contributed by atoms with E-state index in [1.807, 2.05) is 47.5 Å². The van der Waals surface area contributed by atoms with Crippen LogP contribution in [0.15, 0.2) is 49.1 Å². The van der Waals surface area contributed by atoms with Gasteiger partial charge >= 0.3 is 0 Å². The molecule has 9 heteroatoms. The lowest BCUT2D eigenvalue weighted by atomic mass is 10.1. The molecule has 1 aliphatic rings. The average Bonchev–Trinajstić information content (AvgIpc) is 3.48. The number of aryl methyl sites for hydroxylation is 1. The van der Waals surface area contributed by atoms with Crippen molar-refractivity contribution in [3.05, 3.63) is 54.6 Å². The highest BCUT2D eigenvalue weighted by molar-refractivity contribution is 5.81. The molecule has 0 saturated carbocycles. The smallest absolute Gasteiger partial charge is 0.154 e. The van der Waals surface area contributed by atoms with Crippen LogP contribution >= 0.6 is 0 Å². The molecule has 1 fully saturated rings.